The minimum atomic E-state index is -1.01. The first kappa shape index (κ1) is 43.4. The molecule has 16 nitrogen and oxygen atoms in total. The maximum absolute atomic E-state index is 13.3. The van der Waals surface area contributed by atoms with Crippen LogP contribution in [0.25, 0.3) is 22.2 Å². The summed E-state index contributed by atoms with van der Waals surface area (Å²) in [7, 11) is 0. The molecule has 63 heavy (non-hydrogen) atoms. The third kappa shape index (κ3) is 9.43. The normalized spacial score (nSPS) is 17.7. The van der Waals surface area contributed by atoms with Crippen LogP contribution in [-0.2, 0) is 19.2 Å². The Balaban J connectivity index is 0.788. The van der Waals surface area contributed by atoms with E-state index in [9.17, 15) is 28.8 Å². The molecular weight excluding hydrogens is 849 g/mol. The van der Waals surface area contributed by atoms with E-state index in [1.54, 1.807) is 24.4 Å². The number of nitrogens with one attached hydrogen (secondary N) is 4. The van der Waals surface area contributed by atoms with Gasteiger partial charge in [0, 0.05) is 54.5 Å². The van der Waals surface area contributed by atoms with E-state index in [0.717, 1.165) is 39.8 Å². The van der Waals surface area contributed by atoms with Gasteiger partial charge in [0.15, 0.2) is 0 Å². The lowest BCUT2D eigenvalue weighted by molar-refractivity contribution is -0.136. The Kier molecular flexibility index (Phi) is 12.3. The summed E-state index contributed by atoms with van der Waals surface area (Å²) in [5.74, 6) is -1.41. The molecule has 18 heteroatoms. The van der Waals surface area contributed by atoms with Gasteiger partial charge in [0.05, 0.1) is 33.2 Å². The van der Waals surface area contributed by atoms with Gasteiger partial charge in [-0.2, -0.15) is 5.10 Å². The second-order valence-corrected chi connectivity index (χ2v) is 17.8. The van der Waals surface area contributed by atoms with E-state index in [2.05, 4.69) is 41.0 Å². The van der Waals surface area contributed by atoms with Gasteiger partial charge in [0.1, 0.15) is 29.4 Å². The zero-order valence-corrected chi connectivity index (χ0v) is 36.3. The Morgan fingerprint density at radius 3 is 2.38 bits per heavy atom. The minimum Gasteiger partial charge on any atom is -0.486 e. The molecule has 6 amide bonds. The summed E-state index contributed by atoms with van der Waals surface area (Å²) in [6.07, 6.45) is 6.05. The van der Waals surface area contributed by atoms with Crippen LogP contribution in [0, 0.1) is 5.41 Å². The first-order chi connectivity index (χ1) is 30.1. The molecule has 1 unspecified atom stereocenters. The summed E-state index contributed by atoms with van der Waals surface area (Å²) >= 11 is 12.7. The molecule has 8 rings (SSSR count). The summed E-state index contributed by atoms with van der Waals surface area (Å²) in [5, 5.41) is 17.2. The van der Waals surface area contributed by atoms with Crippen LogP contribution in [-0.4, -0.2) is 97.6 Å². The lowest BCUT2D eigenvalue weighted by atomic mass is 9.87. The number of anilines is 1. The van der Waals surface area contributed by atoms with E-state index in [-0.39, 0.29) is 54.7 Å². The smallest absolute Gasteiger partial charge is 0.262 e. The quantitative estimate of drug-likeness (QED) is 0.0976. The van der Waals surface area contributed by atoms with Crippen LogP contribution in [0.3, 0.4) is 0 Å². The Labute approximate surface area is 372 Å². The lowest BCUT2D eigenvalue weighted by Crippen LogP contribution is -2.54. The van der Waals surface area contributed by atoms with Crippen molar-refractivity contribution < 1.29 is 33.5 Å². The number of pyridine rings is 2. The maximum atomic E-state index is 13.3. The van der Waals surface area contributed by atoms with Gasteiger partial charge in [-0.25, -0.2) is 4.98 Å². The van der Waals surface area contributed by atoms with Crippen LogP contribution in [0.1, 0.15) is 96.7 Å². The number of hydrogen-bond acceptors (Lipinski definition) is 11. The second-order valence-electron chi connectivity index (χ2n) is 17.0. The number of carbonyl (C=O) groups excluding carboxylic acids is 6. The topological polar surface area (TPSA) is 209 Å². The predicted octanol–water partition coefficient (Wildman–Crippen LogP) is 6.22. The Morgan fingerprint density at radius 2 is 1.67 bits per heavy atom. The monoisotopic (exact) mass is 893 g/mol. The van der Waals surface area contributed by atoms with Crippen molar-refractivity contribution in [3.63, 3.8) is 0 Å². The van der Waals surface area contributed by atoms with E-state index in [1.165, 1.54) is 12.4 Å². The molecule has 2 fully saturated rings. The molecule has 0 spiro atoms. The average molecular weight is 895 g/mol. The number of nitrogens with zero attached hydrogens (tertiary/aromatic N) is 5. The van der Waals surface area contributed by atoms with Gasteiger partial charge in [-0.05, 0) is 98.6 Å². The van der Waals surface area contributed by atoms with Crippen molar-refractivity contribution >= 4 is 75.4 Å². The maximum Gasteiger partial charge on any atom is 0.262 e. The number of amides is 6. The van der Waals surface area contributed by atoms with Crippen LogP contribution in [0.2, 0.25) is 10.0 Å². The molecule has 0 saturated carbocycles. The van der Waals surface area contributed by atoms with Crippen LogP contribution < -0.4 is 20.7 Å². The molecule has 0 bridgehead atoms. The Bertz CT molecular complexity index is 2620. The highest BCUT2D eigenvalue weighted by Gasteiger charge is 2.45. The van der Waals surface area contributed by atoms with Crippen molar-refractivity contribution in [1.29, 1.82) is 0 Å². The number of imide groups is 2. The fraction of sp³-hybridized carbons (Fsp3) is 0.356. The number of fused-ring (bicyclic) bond motifs is 2. The molecule has 3 aliphatic rings. The lowest BCUT2D eigenvalue weighted by Gasteiger charge is -2.32. The molecule has 2 aromatic carbocycles. The summed E-state index contributed by atoms with van der Waals surface area (Å²) in [4.78, 5) is 88.1. The molecule has 3 aromatic heterocycles. The first-order valence-electron chi connectivity index (χ1n) is 20.7. The van der Waals surface area contributed by atoms with Gasteiger partial charge < -0.3 is 15.4 Å². The summed E-state index contributed by atoms with van der Waals surface area (Å²) in [6, 6.07) is 13.3. The first-order valence-corrected chi connectivity index (χ1v) is 21.4. The summed E-state index contributed by atoms with van der Waals surface area (Å²) in [6.45, 7) is 7.49. The van der Waals surface area contributed by atoms with E-state index < -0.39 is 41.2 Å². The molecule has 2 atom stereocenters. The molecule has 0 aliphatic carbocycles. The number of carbonyl (C=O) groups is 6. The SMILES string of the molecule is C[C@@H](Oc1ccc2[nH]nc(-c3ccc(NC(=O)CC(C)(C)CNC(=O)CN4CCC(c5ccc6c(c5)C(=O)N(C5CCC(=O)NC5=O)C6=O)CC4)nc3)c2c1)c1c(Cl)cncc1Cl. The number of aromatic nitrogens is 4. The average Bonchev–Trinajstić information content (AvgIpc) is 3.77. The van der Waals surface area contributed by atoms with Gasteiger partial charge >= 0.3 is 0 Å². The molecule has 5 aromatic rings. The van der Waals surface area contributed by atoms with Crippen LogP contribution in [0.15, 0.2) is 67.1 Å². The number of halogens is 2. The van der Waals surface area contributed by atoms with Gasteiger partial charge in [0.2, 0.25) is 23.6 Å². The third-order valence-electron chi connectivity index (χ3n) is 11.7. The van der Waals surface area contributed by atoms with Gasteiger partial charge in [0.25, 0.3) is 11.8 Å². The largest absolute Gasteiger partial charge is 0.486 e. The van der Waals surface area contributed by atoms with E-state index in [1.807, 2.05) is 51.1 Å². The Hall–Kier alpha value is -6.23. The molecule has 6 heterocycles. The molecular formula is C45H45Cl2N9O7. The number of ether oxygens (including phenoxy) is 1. The number of rotatable bonds is 13. The third-order valence-corrected chi connectivity index (χ3v) is 12.3. The summed E-state index contributed by atoms with van der Waals surface area (Å²) < 4.78 is 6.19. The van der Waals surface area contributed by atoms with E-state index in [4.69, 9.17) is 27.9 Å². The predicted molar refractivity (Wildman–Crippen MR) is 234 cm³/mol. The van der Waals surface area contributed by atoms with Crippen molar-refractivity contribution in [3.05, 3.63) is 99.4 Å². The standard InChI is InChI=1S/C45H45Cl2N9O7/c1-24(40-32(46)20-48-21-33(40)47)63-28-6-8-34-31(17-28)41(54-53-34)27-5-10-36(49-19-27)51-38(58)18-45(2,3)23-50-39(59)22-55-14-12-25(13-15-55)26-4-7-29-30(16-26)44(62)56(43(29)61)35-9-11-37(57)52-42(35)60/h4-8,10,16-17,19-21,24-25,35H,9,11-15,18,22-23H2,1-3H3,(H,50,59)(H,53,54)(H,49,51,58)(H,52,57,60)/t24-,35?/m1/s1. The second kappa shape index (κ2) is 17.9. The van der Waals surface area contributed by atoms with Crippen LogP contribution in [0.5, 0.6) is 5.75 Å². The fourth-order valence-electron chi connectivity index (χ4n) is 8.42. The van der Waals surface area contributed by atoms with E-state index in [0.29, 0.717) is 52.5 Å². The van der Waals surface area contributed by atoms with Crippen LogP contribution >= 0.6 is 23.2 Å². The molecule has 0 radical (unpaired) electrons. The summed E-state index contributed by atoms with van der Waals surface area (Å²) in [5.41, 5.74) is 3.72. The molecule has 4 N–H and O–H groups in total. The molecule has 3 aliphatic heterocycles. The number of H-pyrrole nitrogens is 1. The fourth-order valence-corrected chi connectivity index (χ4v) is 9.09. The highest BCUT2D eigenvalue weighted by molar-refractivity contribution is 6.35. The highest BCUT2D eigenvalue weighted by atomic mass is 35.5. The minimum absolute atomic E-state index is 0.0605. The van der Waals surface area contributed by atoms with Gasteiger partial charge in [-0.3, -0.25) is 54.0 Å². The van der Waals surface area contributed by atoms with E-state index >= 15 is 0 Å². The Morgan fingerprint density at radius 1 is 0.921 bits per heavy atom. The number of piperidine rings is 2. The van der Waals surface area contributed by atoms with Crippen LogP contribution in [0.4, 0.5) is 5.82 Å². The van der Waals surface area contributed by atoms with Crippen molar-refractivity contribution in [2.24, 2.45) is 5.41 Å². The zero-order chi connectivity index (χ0) is 44.6. The molecule has 326 valence electrons. The number of hydrogen-bond donors (Lipinski definition) is 4. The van der Waals surface area contributed by atoms with Crippen molar-refractivity contribution in [2.45, 2.75) is 70.9 Å². The number of likely N-dealkylation sites (tertiary alicyclic amines) is 1. The number of aromatic amines is 1. The number of benzene rings is 2. The van der Waals surface area contributed by atoms with Gasteiger partial charge in [-0.1, -0.05) is 43.1 Å². The van der Waals surface area contributed by atoms with Crippen molar-refractivity contribution in [2.75, 3.05) is 31.5 Å². The molecule has 2 saturated heterocycles. The van der Waals surface area contributed by atoms with Crippen molar-refractivity contribution in [3.8, 4) is 17.0 Å². The van der Waals surface area contributed by atoms with Crippen molar-refractivity contribution in [1.82, 2.24) is 40.6 Å². The van der Waals surface area contributed by atoms with Gasteiger partial charge in [-0.15, -0.1) is 0 Å². The highest BCUT2D eigenvalue weighted by Crippen LogP contribution is 2.36. The zero-order valence-electron chi connectivity index (χ0n) is 34.8.